The topological polar surface area (TPSA) is 64.0 Å². The monoisotopic (exact) mass is 341 g/mol. The van der Waals surface area contributed by atoms with E-state index in [1.54, 1.807) is 12.1 Å². The molecule has 1 aromatic heterocycles. The number of hydrogen-bond acceptors (Lipinski definition) is 4. The molecular weight excluding hydrogens is 333 g/mol. The number of benzene rings is 1. The van der Waals surface area contributed by atoms with Crippen molar-refractivity contribution in [2.45, 2.75) is 11.7 Å². The van der Waals surface area contributed by atoms with Crippen LogP contribution in [0.1, 0.15) is 10.4 Å². The van der Waals surface area contributed by atoms with Crippen LogP contribution >= 0.6 is 35.0 Å². The van der Waals surface area contributed by atoms with E-state index >= 15 is 0 Å². The molecule has 0 atom stereocenters. The third-order valence-corrected chi connectivity index (χ3v) is 4.50. The lowest BCUT2D eigenvalue weighted by Crippen LogP contribution is -2.29. The second-order valence-electron chi connectivity index (χ2n) is 4.34. The first-order valence-corrected chi connectivity index (χ1v) is 7.79. The van der Waals surface area contributed by atoms with Gasteiger partial charge in [-0.3, -0.25) is 14.2 Å². The molecule has 0 saturated heterocycles. The number of nitrogens with zero attached hydrogens (tertiary/aromatic N) is 2. The number of anilines is 1. The summed E-state index contributed by atoms with van der Waals surface area (Å²) in [5, 5.41) is 4.01. The fraction of sp³-hybridized carbons (Fsp3) is 0.154. The van der Waals surface area contributed by atoms with Crippen molar-refractivity contribution in [3.8, 4) is 0 Å². The number of rotatable bonds is 2. The Balaban J connectivity index is 1.91. The summed E-state index contributed by atoms with van der Waals surface area (Å²) in [6.07, 6.45) is 1.30. The van der Waals surface area contributed by atoms with Gasteiger partial charge in [-0.25, -0.2) is 4.98 Å². The molecule has 0 saturated carbocycles. The molecule has 8 heteroatoms. The normalized spacial score (nSPS) is 13.0. The summed E-state index contributed by atoms with van der Waals surface area (Å²) in [7, 11) is 0. The molecular formula is C13H9Cl2N3O2S. The molecule has 0 unspecified atom stereocenters. The van der Waals surface area contributed by atoms with Crippen LogP contribution in [0, 0.1) is 0 Å². The lowest BCUT2D eigenvalue weighted by molar-refractivity contribution is 0.102. The Morgan fingerprint density at radius 3 is 2.95 bits per heavy atom. The maximum absolute atomic E-state index is 12.2. The second kappa shape index (κ2) is 5.71. The number of aromatic nitrogens is 2. The molecule has 1 aromatic carbocycles. The van der Waals surface area contributed by atoms with Crippen LogP contribution in [0.4, 0.5) is 5.69 Å². The molecule has 0 bridgehead atoms. The minimum atomic E-state index is -0.538. The molecule has 0 radical (unpaired) electrons. The van der Waals surface area contributed by atoms with E-state index in [1.807, 2.05) is 0 Å². The van der Waals surface area contributed by atoms with Gasteiger partial charge in [0.05, 0.1) is 10.7 Å². The van der Waals surface area contributed by atoms with Crippen molar-refractivity contribution >= 4 is 46.6 Å². The van der Waals surface area contributed by atoms with Crippen LogP contribution in [0.2, 0.25) is 10.0 Å². The third kappa shape index (κ3) is 2.79. The predicted molar refractivity (Wildman–Crippen MR) is 83.6 cm³/mol. The zero-order chi connectivity index (χ0) is 15.0. The van der Waals surface area contributed by atoms with E-state index in [9.17, 15) is 9.59 Å². The summed E-state index contributed by atoms with van der Waals surface area (Å²) in [5.74, 6) is 0.250. The summed E-state index contributed by atoms with van der Waals surface area (Å²) in [6.45, 7) is 0.564. The molecule has 2 aromatic rings. The van der Waals surface area contributed by atoms with E-state index in [-0.39, 0.29) is 11.1 Å². The number of amides is 1. The molecule has 1 amide bonds. The van der Waals surface area contributed by atoms with Gasteiger partial charge in [-0.15, -0.1) is 0 Å². The van der Waals surface area contributed by atoms with Crippen molar-refractivity contribution in [2.24, 2.45) is 0 Å². The second-order valence-corrected chi connectivity index (χ2v) is 6.24. The Hall–Kier alpha value is -1.50. The predicted octanol–water partition coefficient (Wildman–Crippen LogP) is 2.91. The molecule has 1 aliphatic rings. The molecule has 21 heavy (non-hydrogen) atoms. The van der Waals surface area contributed by atoms with E-state index in [2.05, 4.69) is 10.3 Å². The van der Waals surface area contributed by atoms with Gasteiger partial charge in [-0.1, -0.05) is 35.0 Å². The average Bonchev–Trinajstić information content (AvgIpc) is 2.91. The Labute approximate surface area is 134 Å². The highest BCUT2D eigenvalue weighted by molar-refractivity contribution is 7.99. The van der Waals surface area contributed by atoms with Crippen molar-refractivity contribution in [2.75, 3.05) is 11.1 Å². The smallest absolute Gasteiger partial charge is 0.267 e. The molecule has 0 fully saturated rings. The largest absolute Gasteiger partial charge is 0.320 e. The number of halogens is 2. The van der Waals surface area contributed by atoms with Crippen LogP contribution in [0.3, 0.4) is 0 Å². The number of carbonyl (C=O) groups excluding carboxylic acids is 1. The number of thioether (sulfide) groups is 1. The molecule has 2 heterocycles. The van der Waals surface area contributed by atoms with Crippen molar-refractivity contribution < 1.29 is 4.79 Å². The maximum Gasteiger partial charge on any atom is 0.267 e. The number of fused-ring (bicyclic) bond motifs is 1. The SMILES string of the molecule is O=C(Nc1ccc(Cl)cc1Cl)c1cnc2n(c1=O)CCS2. The summed E-state index contributed by atoms with van der Waals surface area (Å²) in [4.78, 5) is 28.6. The quantitative estimate of drug-likeness (QED) is 0.853. The number of carbonyl (C=O) groups is 1. The Bertz CT molecular complexity index is 791. The first-order valence-electron chi connectivity index (χ1n) is 6.05. The molecule has 0 spiro atoms. The average molecular weight is 342 g/mol. The van der Waals surface area contributed by atoms with Crippen molar-refractivity contribution in [1.82, 2.24) is 9.55 Å². The van der Waals surface area contributed by atoms with E-state index in [0.717, 1.165) is 5.75 Å². The zero-order valence-electron chi connectivity index (χ0n) is 10.6. The molecule has 1 N–H and O–H groups in total. The Morgan fingerprint density at radius 2 is 2.19 bits per heavy atom. The van der Waals surface area contributed by atoms with Crippen LogP contribution in [0.25, 0.3) is 0 Å². The van der Waals surface area contributed by atoms with Gasteiger partial charge >= 0.3 is 0 Å². The molecule has 3 rings (SSSR count). The Morgan fingerprint density at radius 1 is 1.38 bits per heavy atom. The van der Waals surface area contributed by atoms with Crippen LogP contribution in [-0.2, 0) is 6.54 Å². The Kier molecular flexibility index (Phi) is 3.93. The standard InChI is InChI=1S/C13H9Cl2N3O2S/c14-7-1-2-10(9(15)5-7)17-11(19)8-6-16-13-18(12(8)20)3-4-21-13/h1-2,5-6H,3-4H2,(H,17,19). The lowest BCUT2D eigenvalue weighted by atomic mass is 10.2. The van der Waals surface area contributed by atoms with Gasteiger partial charge in [0.2, 0.25) is 0 Å². The summed E-state index contributed by atoms with van der Waals surface area (Å²) in [5.41, 5.74) is 0.0465. The highest BCUT2D eigenvalue weighted by atomic mass is 35.5. The zero-order valence-corrected chi connectivity index (χ0v) is 12.9. The van der Waals surface area contributed by atoms with Gasteiger partial charge in [0.15, 0.2) is 5.16 Å². The fourth-order valence-electron chi connectivity index (χ4n) is 1.95. The van der Waals surface area contributed by atoms with Crippen LogP contribution < -0.4 is 10.9 Å². The summed E-state index contributed by atoms with van der Waals surface area (Å²) < 4.78 is 1.50. The van der Waals surface area contributed by atoms with Crippen LogP contribution in [-0.4, -0.2) is 21.2 Å². The minimum absolute atomic E-state index is 0.00716. The summed E-state index contributed by atoms with van der Waals surface area (Å²) >= 11 is 13.3. The van der Waals surface area contributed by atoms with Crippen LogP contribution in [0.5, 0.6) is 0 Å². The molecule has 5 nitrogen and oxygen atoms in total. The van der Waals surface area contributed by atoms with Gasteiger partial charge in [-0.2, -0.15) is 0 Å². The first kappa shape index (κ1) is 14.4. The van der Waals surface area contributed by atoms with Gasteiger partial charge < -0.3 is 5.32 Å². The minimum Gasteiger partial charge on any atom is -0.320 e. The first-order chi connectivity index (χ1) is 10.1. The van der Waals surface area contributed by atoms with Crippen molar-refractivity contribution in [3.05, 3.63) is 50.4 Å². The van der Waals surface area contributed by atoms with Crippen molar-refractivity contribution in [1.29, 1.82) is 0 Å². The summed E-state index contributed by atoms with van der Waals surface area (Å²) in [6, 6.07) is 4.70. The lowest BCUT2D eigenvalue weighted by Gasteiger charge is -2.08. The molecule has 0 aliphatic carbocycles. The highest BCUT2D eigenvalue weighted by Crippen LogP contribution is 2.26. The number of nitrogens with one attached hydrogen (secondary N) is 1. The molecule has 108 valence electrons. The van der Waals surface area contributed by atoms with Crippen molar-refractivity contribution in [3.63, 3.8) is 0 Å². The molecule has 1 aliphatic heterocycles. The van der Waals surface area contributed by atoms with E-state index in [1.165, 1.54) is 28.6 Å². The third-order valence-electron chi connectivity index (χ3n) is 2.98. The highest BCUT2D eigenvalue weighted by Gasteiger charge is 2.20. The van der Waals surface area contributed by atoms with E-state index in [4.69, 9.17) is 23.2 Å². The van der Waals surface area contributed by atoms with Gasteiger partial charge in [-0.05, 0) is 18.2 Å². The van der Waals surface area contributed by atoms with Gasteiger partial charge in [0.25, 0.3) is 11.5 Å². The van der Waals surface area contributed by atoms with Gasteiger partial charge in [0.1, 0.15) is 5.56 Å². The fourth-order valence-corrected chi connectivity index (χ4v) is 3.32. The van der Waals surface area contributed by atoms with E-state index < -0.39 is 5.91 Å². The van der Waals surface area contributed by atoms with E-state index in [0.29, 0.717) is 27.4 Å². The van der Waals surface area contributed by atoms with Gasteiger partial charge in [0, 0.05) is 23.5 Å². The van der Waals surface area contributed by atoms with Crippen LogP contribution in [0.15, 0.2) is 34.3 Å². The maximum atomic E-state index is 12.2. The number of hydrogen-bond donors (Lipinski definition) is 1.